The summed E-state index contributed by atoms with van der Waals surface area (Å²) in [7, 11) is 0. The molecule has 2 saturated carbocycles. The van der Waals surface area contributed by atoms with Crippen LogP contribution < -0.4 is 4.74 Å². The number of allylic oxidation sites excluding steroid dienone is 1. The average Bonchev–Trinajstić information content (AvgIpc) is 2.76. The van der Waals surface area contributed by atoms with Crippen LogP contribution in [0, 0.1) is 41.2 Å². The predicted molar refractivity (Wildman–Crippen MR) is 114 cm³/mol. The summed E-state index contributed by atoms with van der Waals surface area (Å²) < 4.78 is 34.9. The van der Waals surface area contributed by atoms with E-state index in [0.29, 0.717) is 23.8 Å². The molecule has 29 heavy (non-hydrogen) atoms. The minimum atomic E-state index is -0.810. The Hall–Kier alpha value is -1.38. The van der Waals surface area contributed by atoms with Crippen LogP contribution in [0.1, 0.15) is 76.3 Å². The number of halogens is 2. The van der Waals surface area contributed by atoms with Crippen molar-refractivity contribution in [3.8, 4) is 5.75 Å². The highest BCUT2D eigenvalue weighted by atomic mass is 19.2. The first-order valence-electron chi connectivity index (χ1n) is 11.8. The third kappa shape index (κ3) is 4.39. The summed E-state index contributed by atoms with van der Waals surface area (Å²) in [5, 5.41) is 0. The zero-order valence-electron chi connectivity index (χ0n) is 18.1. The Morgan fingerprint density at radius 3 is 2.45 bits per heavy atom. The van der Waals surface area contributed by atoms with Crippen molar-refractivity contribution >= 4 is 0 Å². The van der Waals surface area contributed by atoms with Gasteiger partial charge in [0.15, 0.2) is 11.6 Å². The Morgan fingerprint density at radius 2 is 1.69 bits per heavy atom. The molecule has 0 bridgehead atoms. The molecule has 1 aromatic rings. The van der Waals surface area contributed by atoms with E-state index in [2.05, 4.69) is 6.92 Å². The number of hydrogen-bond donors (Lipinski definition) is 0. The molecule has 3 aliphatic carbocycles. The van der Waals surface area contributed by atoms with Crippen molar-refractivity contribution in [2.75, 3.05) is 6.61 Å². The van der Waals surface area contributed by atoms with Crippen LogP contribution in [0.3, 0.4) is 0 Å². The Kier molecular flexibility index (Phi) is 6.61. The predicted octanol–water partition coefficient (Wildman–Crippen LogP) is 7.27. The van der Waals surface area contributed by atoms with E-state index in [-0.39, 0.29) is 12.4 Å². The molecule has 0 radical (unpaired) electrons. The molecular weight excluding hydrogens is 366 g/mol. The van der Waals surface area contributed by atoms with Crippen molar-refractivity contribution in [3.63, 3.8) is 0 Å². The van der Waals surface area contributed by atoms with E-state index in [1.54, 1.807) is 12.1 Å². The van der Waals surface area contributed by atoms with E-state index in [0.717, 1.165) is 36.2 Å². The first-order valence-corrected chi connectivity index (χ1v) is 11.8. The summed E-state index contributed by atoms with van der Waals surface area (Å²) in [5.41, 5.74) is 1.57. The number of benzene rings is 1. The van der Waals surface area contributed by atoms with E-state index < -0.39 is 11.6 Å². The normalized spacial score (nSPS) is 32.1. The van der Waals surface area contributed by atoms with E-state index in [9.17, 15) is 8.78 Å². The molecule has 3 aliphatic rings. The van der Waals surface area contributed by atoms with Gasteiger partial charge in [-0.25, -0.2) is 4.39 Å². The zero-order valence-corrected chi connectivity index (χ0v) is 18.1. The van der Waals surface area contributed by atoms with Crippen molar-refractivity contribution in [2.45, 2.75) is 78.1 Å². The fourth-order valence-corrected chi connectivity index (χ4v) is 6.40. The second-order valence-electron chi connectivity index (χ2n) is 9.70. The summed E-state index contributed by atoms with van der Waals surface area (Å²) in [6.45, 7) is 4.49. The molecule has 0 amide bonds. The first kappa shape index (κ1) is 20.9. The smallest absolute Gasteiger partial charge is 0.200 e. The van der Waals surface area contributed by atoms with Gasteiger partial charge in [0.05, 0.1) is 0 Å². The van der Waals surface area contributed by atoms with Gasteiger partial charge in [0.2, 0.25) is 5.82 Å². The molecule has 5 atom stereocenters. The van der Waals surface area contributed by atoms with Gasteiger partial charge in [0.1, 0.15) is 6.61 Å². The largest absolute Gasteiger partial charge is 0.486 e. The summed E-state index contributed by atoms with van der Waals surface area (Å²) in [5.74, 6) is 2.53. The second kappa shape index (κ2) is 9.18. The summed E-state index contributed by atoms with van der Waals surface area (Å²) in [6.07, 6.45) is 15.8. The highest BCUT2D eigenvalue weighted by molar-refractivity contribution is 5.40. The standard InChI is InChI=1S/C26H36F2O/c1-3-5-12-29-24-16-22-11-10-21(15-23(22)25(27)26(24)28)20-9-8-18-13-17(4-2)6-7-19(18)14-20/h3,5,16-21H,4,6-15H2,1-2H3/b5-3+. The van der Waals surface area contributed by atoms with Crippen LogP contribution in [0.5, 0.6) is 5.75 Å². The van der Waals surface area contributed by atoms with Gasteiger partial charge in [-0.15, -0.1) is 0 Å². The zero-order chi connectivity index (χ0) is 20.4. The highest BCUT2D eigenvalue weighted by Crippen LogP contribution is 2.49. The Balaban J connectivity index is 1.43. The van der Waals surface area contributed by atoms with E-state index in [1.165, 1.54) is 44.9 Å². The lowest BCUT2D eigenvalue weighted by Gasteiger charge is -2.45. The third-order valence-corrected chi connectivity index (χ3v) is 8.19. The van der Waals surface area contributed by atoms with Crippen molar-refractivity contribution in [1.82, 2.24) is 0 Å². The lowest BCUT2D eigenvalue weighted by atomic mass is 9.61. The molecule has 160 valence electrons. The van der Waals surface area contributed by atoms with Crippen LogP contribution in [0.25, 0.3) is 0 Å². The highest BCUT2D eigenvalue weighted by Gasteiger charge is 2.39. The molecule has 0 spiro atoms. The van der Waals surface area contributed by atoms with Gasteiger partial charge in [0.25, 0.3) is 0 Å². The fraction of sp³-hybridized carbons (Fsp3) is 0.692. The molecule has 3 heteroatoms. The van der Waals surface area contributed by atoms with E-state index in [1.807, 2.05) is 13.0 Å². The Morgan fingerprint density at radius 1 is 0.966 bits per heavy atom. The van der Waals surface area contributed by atoms with Crippen LogP contribution >= 0.6 is 0 Å². The minimum Gasteiger partial charge on any atom is -0.486 e. The van der Waals surface area contributed by atoms with Crippen molar-refractivity contribution in [3.05, 3.63) is 41.0 Å². The number of rotatable bonds is 5. The molecule has 0 saturated heterocycles. The Labute approximate surface area is 174 Å². The molecule has 0 aliphatic heterocycles. The van der Waals surface area contributed by atoms with Gasteiger partial charge >= 0.3 is 0 Å². The number of ether oxygens (including phenoxy) is 1. The molecule has 4 rings (SSSR count). The van der Waals surface area contributed by atoms with Gasteiger partial charge in [-0.05, 0) is 105 Å². The molecule has 0 N–H and O–H groups in total. The molecule has 0 aromatic heterocycles. The molecule has 5 unspecified atom stereocenters. The molecule has 0 heterocycles. The molecule has 1 aromatic carbocycles. The first-order chi connectivity index (χ1) is 14.1. The summed E-state index contributed by atoms with van der Waals surface area (Å²) in [4.78, 5) is 0. The second-order valence-corrected chi connectivity index (χ2v) is 9.70. The monoisotopic (exact) mass is 402 g/mol. The molecule has 2 fully saturated rings. The SMILES string of the molecule is C/C=C/COc1cc2c(c(F)c1F)CC(C1CCC3CC(CC)CCC3C1)CC2. The average molecular weight is 403 g/mol. The molecule has 1 nitrogen and oxygen atoms in total. The fourth-order valence-electron chi connectivity index (χ4n) is 6.40. The van der Waals surface area contributed by atoms with Gasteiger partial charge in [-0.3, -0.25) is 0 Å². The quantitative estimate of drug-likeness (QED) is 0.471. The van der Waals surface area contributed by atoms with E-state index >= 15 is 0 Å². The number of aryl methyl sites for hydroxylation is 1. The van der Waals surface area contributed by atoms with E-state index in [4.69, 9.17) is 4.74 Å². The Bertz CT molecular complexity index is 741. The maximum absolute atomic E-state index is 14.9. The van der Waals surface area contributed by atoms with Crippen molar-refractivity contribution < 1.29 is 13.5 Å². The lowest BCUT2D eigenvalue weighted by molar-refractivity contribution is 0.0705. The number of hydrogen-bond acceptors (Lipinski definition) is 1. The minimum absolute atomic E-state index is 0.0611. The topological polar surface area (TPSA) is 9.23 Å². The maximum atomic E-state index is 14.9. The molecular formula is C26H36F2O. The van der Waals surface area contributed by atoms with Crippen molar-refractivity contribution in [2.24, 2.45) is 29.6 Å². The van der Waals surface area contributed by atoms with Gasteiger partial charge in [-0.2, -0.15) is 4.39 Å². The van der Waals surface area contributed by atoms with Crippen molar-refractivity contribution in [1.29, 1.82) is 0 Å². The van der Waals surface area contributed by atoms with Crippen LogP contribution in [-0.2, 0) is 12.8 Å². The van der Waals surface area contributed by atoms with Gasteiger partial charge in [-0.1, -0.05) is 31.9 Å². The third-order valence-electron chi connectivity index (χ3n) is 8.19. The van der Waals surface area contributed by atoms with Crippen LogP contribution in [0.4, 0.5) is 8.78 Å². The maximum Gasteiger partial charge on any atom is 0.200 e. The lowest BCUT2D eigenvalue weighted by Crippen LogP contribution is -2.35. The van der Waals surface area contributed by atoms with Gasteiger partial charge < -0.3 is 4.74 Å². The van der Waals surface area contributed by atoms with Crippen LogP contribution in [-0.4, -0.2) is 6.61 Å². The summed E-state index contributed by atoms with van der Waals surface area (Å²) >= 11 is 0. The van der Waals surface area contributed by atoms with Gasteiger partial charge in [0, 0.05) is 0 Å². The van der Waals surface area contributed by atoms with Crippen LogP contribution in [0.15, 0.2) is 18.2 Å². The number of fused-ring (bicyclic) bond motifs is 2. The summed E-state index contributed by atoms with van der Waals surface area (Å²) in [6, 6.07) is 1.75. The van der Waals surface area contributed by atoms with Crippen LogP contribution in [0.2, 0.25) is 0 Å².